The van der Waals surface area contributed by atoms with E-state index in [1.807, 2.05) is 24.3 Å². The number of ether oxygens (including phenoxy) is 1. The molecule has 4 nitrogen and oxygen atoms in total. The fourth-order valence-corrected chi connectivity index (χ4v) is 2.45. The Labute approximate surface area is 160 Å². The summed E-state index contributed by atoms with van der Waals surface area (Å²) in [5.74, 6) is -0.190. The van der Waals surface area contributed by atoms with Crippen molar-refractivity contribution >= 4 is 17.7 Å². The smallest absolute Gasteiger partial charge is 0.387 e. The Hall–Kier alpha value is -3.67. The van der Waals surface area contributed by atoms with Crippen LogP contribution in [0.15, 0.2) is 95.1 Å². The maximum absolute atomic E-state index is 12.8. The highest BCUT2D eigenvalue weighted by atomic mass is 19.3. The molecule has 3 aromatic rings. The van der Waals surface area contributed by atoms with Crippen molar-refractivity contribution in [2.45, 2.75) is 6.61 Å². The normalized spacial score (nSPS) is 11.8. The number of ketones is 1. The first-order valence-corrected chi connectivity index (χ1v) is 8.44. The number of carbonyl (C=O) groups is 1. The SMILES string of the molecule is O=C(/C(=N/N=C\c1ccc(OC(F)F)cc1)c1ccccc1)c1ccccc1. The molecule has 0 radical (unpaired) electrons. The number of hydrogen-bond donors (Lipinski definition) is 0. The van der Waals surface area contributed by atoms with Crippen molar-refractivity contribution in [2.75, 3.05) is 0 Å². The summed E-state index contributed by atoms with van der Waals surface area (Å²) in [6.45, 7) is -2.87. The standard InChI is InChI=1S/C22H16F2N2O2/c23-22(24)28-19-13-11-16(12-14-19)15-25-26-20(17-7-3-1-4-8-17)21(27)18-9-5-2-6-10-18/h1-15,22H/b25-15-,26-20+. The van der Waals surface area contributed by atoms with Crippen LogP contribution in [0.5, 0.6) is 5.75 Å². The van der Waals surface area contributed by atoms with Gasteiger partial charge < -0.3 is 4.74 Å². The molecule has 0 saturated heterocycles. The molecule has 28 heavy (non-hydrogen) atoms. The van der Waals surface area contributed by atoms with E-state index >= 15 is 0 Å². The van der Waals surface area contributed by atoms with Gasteiger partial charge in [-0.25, -0.2) is 0 Å². The molecule has 140 valence electrons. The van der Waals surface area contributed by atoms with Crippen LogP contribution in [-0.4, -0.2) is 24.3 Å². The third kappa shape index (κ3) is 5.17. The summed E-state index contributed by atoms with van der Waals surface area (Å²) >= 11 is 0. The number of nitrogens with zero attached hydrogens (tertiary/aromatic N) is 2. The van der Waals surface area contributed by atoms with Gasteiger partial charge in [0.05, 0.1) is 6.21 Å². The number of alkyl halides is 2. The number of benzene rings is 3. The highest BCUT2D eigenvalue weighted by molar-refractivity contribution is 6.51. The molecule has 0 aliphatic carbocycles. The monoisotopic (exact) mass is 378 g/mol. The molecule has 0 bridgehead atoms. The van der Waals surface area contributed by atoms with Gasteiger partial charge in [0.2, 0.25) is 5.78 Å². The van der Waals surface area contributed by atoms with Crippen LogP contribution in [-0.2, 0) is 0 Å². The minimum absolute atomic E-state index is 0.0554. The minimum Gasteiger partial charge on any atom is -0.435 e. The van der Waals surface area contributed by atoms with E-state index in [1.165, 1.54) is 18.3 Å². The minimum atomic E-state index is -2.87. The van der Waals surface area contributed by atoms with Crippen LogP contribution in [0.4, 0.5) is 8.78 Å². The molecule has 0 aliphatic rings. The molecule has 0 heterocycles. The van der Waals surface area contributed by atoms with Crippen molar-refractivity contribution in [2.24, 2.45) is 10.2 Å². The molecule has 0 saturated carbocycles. The third-order valence-corrected chi connectivity index (χ3v) is 3.77. The molecule has 0 aliphatic heterocycles. The lowest BCUT2D eigenvalue weighted by Crippen LogP contribution is -2.15. The Morgan fingerprint density at radius 3 is 1.96 bits per heavy atom. The summed E-state index contributed by atoms with van der Waals surface area (Å²) in [5, 5.41) is 8.13. The Balaban J connectivity index is 1.85. The largest absolute Gasteiger partial charge is 0.435 e. The lowest BCUT2D eigenvalue weighted by molar-refractivity contribution is -0.0498. The summed E-state index contributed by atoms with van der Waals surface area (Å²) < 4.78 is 28.7. The molecule has 0 unspecified atom stereocenters. The van der Waals surface area contributed by atoms with Crippen LogP contribution >= 0.6 is 0 Å². The summed E-state index contributed by atoms with van der Waals surface area (Å²) in [7, 11) is 0. The van der Waals surface area contributed by atoms with Gasteiger partial charge in [-0.05, 0) is 29.8 Å². The van der Waals surface area contributed by atoms with Gasteiger partial charge in [0, 0.05) is 11.1 Å². The molecule has 3 aromatic carbocycles. The van der Waals surface area contributed by atoms with Crippen LogP contribution in [0.1, 0.15) is 21.5 Å². The van der Waals surface area contributed by atoms with Crippen LogP contribution in [0.25, 0.3) is 0 Å². The van der Waals surface area contributed by atoms with Crippen molar-refractivity contribution < 1.29 is 18.3 Å². The molecule has 0 amide bonds. The summed E-state index contributed by atoms with van der Waals surface area (Å²) in [6.07, 6.45) is 1.44. The predicted octanol–water partition coefficient (Wildman–Crippen LogP) is 4.99. The Morgan fingerprint density at radius 1 is 0.821 bits per heavy atom. The topological polar surface area (TPSA) is 51.0 Å². The maximum atomic E-state index is 12.8. The fraction of sp³-hybridized carbons (Fsp3) is 0.0455. The molecule has 3 rings (SSSR count). The van der Waals surface area contributed by atoms with Crippen molar-refractivity contribution in [3.8, 4) is 5.75 Å². The second kappa shape index (κ2) is 9.32. The van der Waals surface area contributed by atoms with Gasteiger partial charge in [0.25, 0.3) is 0 Å². The lowest BCUT2D eigenvalue weighted by Gasteiger charge is -2.05. The molecule has 0 atom stereocenters. The van der Waals surface area contributed by atoms with Crippen LogP contribution in [0, 0.1) is 0 Å². The second-order valence-corrected chi connectivity index (χ2v) is 5.70. The average molecular weight is 378 g/mol. The van der Waals surface area contributed by atoms with Gasteiger partial charge in [0.15, 0.2) is 0 Å². The zero-order valence-corrected chi connectivity index (χ0v) is 14.7. The number of halogens is 2. The average Bonchev–Trinajstić information content (AvgIpc) is 2.73. The summed E-state index contributed by atoms with van der Waals surface area (Å²) in [6, 6.07) is 23.8. The van der Waals surface area contributed by atoms with E-state index < -0.39 is 6.61 Å². The van der Waals surface area contributed by atoms with Gasteiger partial charge >= 0.3 is 6.61 Å². The molecule has 0 N–H and O–H groups in total. The van der Waals surface area contributed by atoms with Crippen LogP contribution in [0.3, 0.4) is 0 Å². The maximum Gasteiger partial charge on any atom is 0.387 e. The van der Waals surface area contributed by atoms with Crippen LogP contribution < -0.4 is 4.74 Å². The fourth-order valence-electron chi connectivity index (χ4n) is 2.45. The van der Waals surface area contributed by atoms with E-state index in [0.29, 0.717) is 16.7 Å². The van der Waals surface area contributed by atoms with Crippen molar-refractivity contribution in [1.82, 2.24) is 0 Å². The molecule has 0 fully saturated rings. The Morgan fingerprint density at radius 2 is 1.39 bits per heavy atom. The number of hydrogen-bond acceptors (Lipinski definition) is 4. The number of carbonyl (C=O) groups excluding carboxylic acids is 1. The van der Waals surface area contributed by atoms with E-state index in [0.717, 1.165) is 0 Å². The Kier molecular flexibility index (Phi) is 6.36. The van der Waals surface area contributed by atoms with Gasteiger partial charge in [-0.1, -0.05) is 60.7 Å². The molecular weight excluding hydrogens is 362 g/mol. The van der Waals surface area contributed by atoms with Crippen molar-refractivity contribution in [1.29, 1.82) is 0 Å². The highest BCUT2D eigenvalue weighted by Gasteiger charge is 2.16. The van der Waals surface area contributed by atoms with E-state index in [4.69, 9.17) is 0 Å². The third-order valence-electron chi connectivity index (χ3n) is 3.77. The predicted molar refractivity (Wildman–Crippen MR) is 104 cm³/mol. The second-order valence-electron chi connectivity index (χ2n) is 5.70. The van der Waals surface area contributed by atoms with Crippen LogP contribution in [0.2, 0.25) is 0 Å². The quantitative estimate of drug-likeness (QED) is 0.330. The Bertz CT molecular complexity index is 970. The first-order valence-electron chi connectivity index (χ1n) is 8.44. The molecule has 0 spiro atoms. The van der Waals surface area contributed by atoms with E-state index in [9.17, 15) is 13.6 Å². The zero-order chi connectivity index (χ0) is 19.8. The van der Waals surface area contributed by atoms with Gasteiger partial charge in [-0.15, -0.1) is 5.10 Å². The van der Waals surface area contributed by atoms with E-state index in [-0.39, 0.29) is 17.2 Å². The number of rotatable bonds is 7. The van der Waals surface area contributed by atoms with Gasteiger partial charge in [-0.2, -0.15) is 13.9 Å². The van der Waals surface area contributed by atoms with E-state index in [1.54, 1.807) is 48.5 Å². The van der Waals surface area contributed by atoms with Crippen molar-refractivity contribution in [3.05, 3.63) is 102 Å². The highest BCUT2D eigenvalue weighted by Crippen LogP contribution is 2.14. The zero-order valence-electron chi connectivity index (χ0n) is 14.7. The molecule has 0 aromatic heterocycles. The summed E-state index contributed by atoms with van der Waals surface area (Å²) in [4.78, 5) is 12.8. The van der Waals surface area contributed by atoms with Gasteiger partial charge in [0.1, 0.15) is 11.5 Å². The van der Waals surface area contributed by atoms with Gasteiger partial charge in [-0.3, -0.25) is 4.79 Å². The number of Topliss-reactive ketones (excluding diaryl/α,β-unsaturated/α-hetero) is 1. The lowest BCUT2D eigenvalue weighted by atomic mass is 10.0. The first-order chi connectivity index (χ1) is 13.6. The first kappa shape index (κ1) is 19.1. The summed E-state index contributed by atoms with van der Waals surface area (Å²) in [5.41, 5.74) is 1.99. The van der Waals surface area contributed by atoms with Crippen molar-refractivity contribution in [3.63, 3.8) is 0 Å². The molecule has 6 heteroatoms. The molecular formula is C22H16F2N2O2. The van der Waals surface area contributed by atoms with E-state index in [2.05, 4.69) is 14.9 Å².